The number of thiazole rings is 1. The lowest BCUT2D eigenvalue weighted by Gasteiger charge is -1.98. The van der Waals surface area contributed by atoms with Gasteiger partial charge in [0.25, 0.3) is 5.56 Å². The second kappa shape index (κ2) is 4.78. The first-order valence-corrected chi connectivity index (χ1v) is 7.94. The van der Waals surface area contributed by atoms with Gasteiger partial charge in [-0.3, -0.25) is 4.79 Å². The fraction of sp³-hybridized carbons (Fsp3) is 0.111. The molecule has 2 aromatic carbocycles. The van der Waals surface area contributed by atoms with Crippen LogP contribution < -0.4 is 10.1 Å². The van der Waals surface area contributed by atoms with Crippen molar-refractivity contribution in [3.8, 4) is 0 Å². The molecule has 0 spiro atoms. The molecule has 2 heterocycles. The number of rotatable bonds is 1. The van der Waals surface area contributed by atoms with E-state index in [0.717, 1.165) is 21.6 Å². The molecule has 0 amide bonds. The van der Waals surface area contributed by atoms with E-state index in [9.17, 15) is 4.79 Å². The largest absolute Gasteiger partial charge is 0.274 e. The fourth-order valence-corrected chi connectivity index (χ4v) is 3.61. The van der Waals surface area contributed by atoms with Crippen LogP contribution >= 0.6 is 11.3 Å². The van der Waals surface area contributed by atoms with E-state index in [1.807, 2.05) is 48.5 Å². The number of benzene rings is 2. The third-order valence-corrected chi connectivity index (χ3v) is 4.92. The maximum atomic E-state index is 12.7. The smallest absolute Gasteiger partial charge is 0.267 e. The van der Waals surface area contributed by atoms with Crippen LogP contribution in [-0.2, 0) is 0 Å². The van der Waals surface area contributed by atoms with Crippen molar-refractivity contribution in [1.82, 2.24) is 9.38 Å². The molecule has 0 aliphatic rings. The molecule has 0 saturated heterocycles. The van der Waals surface area contributed by atoms with Gasteiger partial charge in [0, 0.05) is 0 Å². The molecule has 4 aromatic rings. The second-order valence-electron chi connectivity index (χ2n) is 5.48. The van der Waals surface area contributed by atoms with Crippen molar-refractivity contribution in [3.05, 3.63) is 74.0 Å². The van der Waals surface area contributed by atoms with E-state index >= 15 is 0 Å². The van der Waals surface area contributed by atoms with Gasteiger partial charge in [0.15, 0.2) is 4.96 Å². The van der Waals surface area contributed by atoms with Gasteiger partial charge in [-0.25, -0.2) is 9.38 Å². The lowest BCUT2D eigenvalue weighted by molar-refractivity contribution is 1.18. The number of aryl methyl sites for hydroxylation is 2. The minimum Gasteiger partial charge on any atom is -0.267 e. The molecule has 0 unspecified atom stereocenters. The summed E-state index contributed by atoms with van der Waals surface area (Å²) in [5, 5.41) is 0. The van der Waals surface area contributed by atoms with Gasteiger partial charge < -0.3 is 0 Å². The van der Waals surface area contributed by atoms with Crippen molar-refractivity contribution < 1.29 is 0 Å². The van der Waals surface area contributed by atoms with Crippen molar-refractivity contribution in [2.45, 2.75) is 13.8 Å². The summed E-state index contributed by atoms with van der Waals surface area (Å²) in [5.41, 5.74) is 5.19. The Balaban J connectivity index is 2.05. The third kappa shape index (κ3) is 1.96. The number of aromatic nitrogens is 2. The maximum absolute atomic E-state index is 12.7. The van der Waals surface area contributed by atoms with Gasteiger partial charge in [-0.1, -0.05) is 41.7 Å². The minimum absolute atomic E-state index is 0.00889. The van der Waals surface area contributed by atoms with Crippen molar-refractivity contribution in [3.63, 3.8) is 0 Å². The Kier molecular flexibility index (Phi) is 2.87. The van der Waals surface area contributed by atoms with Crippen LogP contribution in [0.3, 0.4) is 0 Å². The molecule has 22 heavy (non-hydrogen) atoms. The molecule has 4 rings (SSSR count). The van der Waals surface area contributed by atoms with Crippen molar-refractivity contribution in [2.24, 2.45) is 0 Å². The third-order valence-electron chi connectivity index (χ3n) is 3.95. The van der Waals surface area contributed by atoms with Gasteiger partial charge in [-0.2, -0.15) is 0 Å². The quantitative estimate of drug-likeness (QED) is 0.541. The fourth-order valence-electron chi connectivity index (χ4n) is 2.62. The Morgan fingerprint density at radius 2 is 1.82 bits per heavy atom. The average Bonchev–Trinajstić information content (AvgIpc) is 2.98. The van der Waals surface area contributed by atoms with Crippen molar-refractivity contribution >= 4 is 33.4 Å². The summed E-state index contributed by atoms with van der Waals surface area (Å²) in [5.74, 6) is 0. The van der Waals surface area contributed by atoms with Gasteiger partial charge in [-0.05, 0) is 48.7 Å². The topological polar surface area (TPSA) is 34.4 Å². The Hall–Kier alpha value is -2.46. The van der Waals surface area contributed by atoms with Crippen LogP contribution in [0.4, 0.5) is 0 Å². The van der Waals surface area contributed by atoms with Gasteiger partial charge in [0.05, 0.1) is 15.6 Å². The molecular formula is C18H14N2OS. The zero-order valence-electron chi connectivity index (χ0n) is 12.3. The highest BCUT2D eigenvalue weighted by molar-refractivity contribution is 7.15. The van der Waals surface area contributed by atoms with E-state index in [1.54, 1.807) is 4.40 Å². The predicted octanol–water partition coefficient (Wildman–Crippen LogP) is 3.07. The van der Waals surface area contributed by atoms with Crippen molar-refractivity contribution in [1.29, 1.82) is 0 Å². The van der Waals surface area contributed by atoms with Gasteiger partial charge in [0.2, 0.25) is 0 Å². The minimum atomic E-state index is 0.00889. The van der Waals surface area contributed by atoms with E-state index in [-0.39, 0.29) is 5.56 Å². The number of fused-ring (bicyclic) bond motifs is 3. The Morgan fingerprint density at radius 1 is 1.09 bits per heavy atom. The summed E-state index contributed by atoms with van der Waals surface area (Å²) in [7, 11) is 0. The molecule has 0 fully saturated rings. The molecule has 0 radical (unpaired) electrons. The molecule has 2 aromatic heterocycles. The highest BCUT2D eigenvalue weighted by Crippen LogP contribution is 2.20. The summed E-state index contributed by atoms with van der Waals surface area (Å²) in [6, 6.07) is 14.0. The van der Waals surface area contributed by atoms with E-state index in [0.29, 0.717) is 4.53 Å². The lowest BCUT2D eigenvalue weighted by Crippen LogP contribution is -2.22. The average molecular weight is 306 g/mol. The van der Waals surface area contributed by atoms with Crippen LogP contribution in [0.15, 0.2) is 47.3 Å². The number of imidazole rings is 1. The van der Waals surface area contributed by atoms with Crippen LogP contribution in [0.2, 0.25) is 0 Å². The lowest BCUT2D eigenvalue weighted by atomic mass is 10.1. The molecule has 0 bridgehead atoms. The van der Waals surface area contributed by atoms with Crippen LogP contribution in [0.1, 0.15) is 16.7 Å². The SMILES string of the molecule is Cc1cc2nc3s/c(=C/c4ccccc4)c(=O)n3c2cc1C. The van der Waals surface area contributed by atoms with E-state index in [1.165, 1.54) is 22.5 Å². The first-order valence-electron chi connectivity index (χ1n) is 7.12. The molecule has 0 N–H and O–H groups in total. The normalized spacial score (nSPS) is 12.5. The van der Waals surface area contributed by atoms with Crippen LogP contribution in [-0.4, -0.2) is 9.38 Å². The van der Waals surface area contributed by atoms with E-state index in [2.05, 4.69) is 18.8 Å². The second-order valence-corrected chi connectivity index (χ2v) is 6.49. The monoisotopic (exact) mass is 306 g/mol. The number of hydrogen-bond acceptors (Lipinski definition) is 3. The molecule has 0 atom stereocenters. The molecule has 0 aliphatic carbocycles. The Morgan fingerprint density at radius 3 is 2.59 bits per heavy atom. The molecule has 4 heteroatoms. The van der Waals surface area contributed by atoms with Crippen LogP contribution in [0.25, 0.3) is 22.1 Å². The summed E-state index contributed by atoms with van der Waals surface area (Å²) in [4.78, 5) is 18.1. The molecule has 0 aliphatic heterocycles. The summed E-state index contributed by atoms with van der Waals surface area (Å²) in [6.45, 7) is 4.12. The molecular weight excluding hydrogens is 292 g/mol. The highest BCUT2D eigenvalue weighted by atomic mass is 32.1. The van der Waals surface area contributed by atoms with Gasteiger partial charge in [-0.15, -0.1) is 0 Å². The number of nitrogens with zero attached hydrogens (tertiary/aromatic N) is 2. The highest BCUT2D eigenvalue weighted by Gasteiger charge is 2.12. The maximum Gasteiger partial charge on any atom is 0.274 e. The summed E-state index contributed by atoms with van der Waals surface area (Å²) < 4.78 is 2.44. The van der Waals surface area contributed by atoms with Gasteiger partial charge >= 0.3 is 0 Å². The zero-order chi connectivity index (χ0) is 15.3. The summed E-state index contributed by atoms with van der Waals surface area (Å²) in [6.07, 6.45) is 1.93. The van der Waals surface area contributed by atoms with Crippen LogP contribution in [0, 0.1) is 13.8 Å². The molecule has 0 saturated carbocycles. The van der Waals surface area contributed by atoms with E-state index < -0.39 is 0 Å². The Bertz CT molecular complexity index is 1110. The van der Waals surface area contributed by atoms with Gasteiger partial charge in [0.1, 0.15) is 0 Å². The van der Waals surface area contributed by atoms with Crippen molar-refractivity contribution in [2.75, 3.05) is 0 Å². The summed E-state index contributed by atoms with van der Waals surface area (Å²) >= 11 is 1.44. The molecule has 3 nitrogen and oxygen atoms in total. The standard InChI is InChI=1S/C18H14N2OS/c1-11-8-14-15(9-12(11)2)20-17(21)16(22-18(20)19-14)10-13-6-4-3-5-7-13/h3-10H,1-2H3/b16-10+. The van der Waals surface area contributed by atoms with E-state index in [4.69, 9.17) is 0 Å². The first kappa shape index (κ1) is 13.2. The predicted molar refractivity (Wildman–Crippen MR) is 91.5 cm³/mol. The molecule has 108 valence electrons. The Labute approximate surface area is 131 Å². The first-order chi connectivity index (χ1) is 10.6. The number of hydrogen-bond donors (Lipinski definition) is 0. The van der Waals surface area contributed by atoms with Crippen LogP contribution in [0.5, 0.6) is 0 Å². The zero-order valence-corrected chi connectivity index (χ0v) is 13.1.